The maximum atomic E-state index is 12.6. The van der Waals surface area contributed by atoms with Crippen LogP contribution in [0.2, 0.25) is 0 Å². The molecule has 3 aromatic rings. The average Bonchev–Trinajstić information content (AvgIpc) is 2.82. The fourth-order valence-corrected chi connectivity index (χ4v) is 3.67. The number of alkyl halides is 3. The van der Waals surface area contributed by atoms with E-state index in [9.17, 15) is 31.5 Å². The Kier molecular flexibility index (Phi) is 7.18. The first-order valence-electron chi connectivity index (χ1n) is 9.62. The first-order chi connectivity index (χ1) is 16.0. The van der Waals surface area contributed by atoms with Gasteiger partial charge in [0.2, 0.25) is 0 Å². The Morgan fingerprint density at radius 3 is 2.21 bits per heavy atom. The molecule has 0 saturated carbocycles. The van der Waals surface area contributed by atoms with Gasteiger partial charge < -0.3 is 18.8 Å². The van der Waals surface area contributed by atoms with Gasteiger partial charge in [-0.2, -0.15) is 21.6 Å². The van der Waals surface area contributed by atoms with Crippen molar-refractivity contribution in [3.05, 3.63) is 71.8 Å². The van der Waals surface area contributed by atoms with Crippen molar-refractivity contribution in [2.45, 2.75) is 12.1 Å². The number of carbonyl (C=O) groups excluding carboxylic acids is 1. The number of carbonyl (C=O) groups is 1. The third-order valence-electron chi connectivity index (χ3n) is 4.85. The van der Waals surface area contributed by atoms with Crippen LogP contribution in [0.1, 0.15) is 15.9 Å². The predicted octanol–water partition coefficient (Wildman–Crippen LogP) is 4.54. The summed E-state index contributed by atoms with van der Waals surface area (Å²) in [7, 11) is -3.44. The lowest BCUT2D eigenvalue weighted by atomic mass is 9.94. The molecule has 7 nitrogen and oxygen atoms in total. The summed E-state index contributed by atoms with van der Waals surface area (Å²) in [4.78, 5) is 11.8. The lowest BCUT2D eigenvalue weighted by molar-refractivity contribution is -0.0500. The summed E-state index contributed by atoms with van der Waals surface area (Å²) in [5.74, 6) is -1.36. The Morgan fingerprint density at radius 2 is 1.59 bits per heavy atom. The Hall–Kier alpha value is -3.57. The van der Waals surface area contributed by atoms with Crippen LogP contribution in [0.5, 0.6) is 11.5 Å². The van der Waals surface area contributed by atoms with E-state index >= 15 is 0 Å². The van der Waals surface area contributed by atoms with Crippen LogP contribution in [-0.4, -0.2) is 39.2 Å². The van der Waals surface area contributed by atoms with Crippen molar-refractivity contribution in [1.29, 1.82) is 0 Å². The van der Waals surface area contributed by atoms with Crippen LogP contribution in [0, 0.1) is 0 Å². The van der Waals surface area contributed by atoms with E-state index in [1.165, 1.54) is 19.2 Å². The maximum Gasteiger partial charge on any atom is 0.534 e. The van der Waals surface area contributed by atoms with Crippen LogP contribution < -0.4 is 8.92 Å². The summed E-state index contributed by atoms with van der Waals surface area (Å²) in [6, 6.07) is 15.4. The van der Waals surface area contributed by atoms with Crippen molar-refractivity contribution in [2.24, 2.45) is 0 Å². The molecule has 11 heteroatoms. The standard InChI is InChI=1S/C23H19F3O7S/c1-31-21-12-15(7-9-20(21)33-34(29,30)23(24,25)26)14-6-8-19(18(10-14)13-27)16-4-3-5-17(11-16)22(28)32-2/h3-12,27H,13H2,1-2H3. The zero-order valence-corrected chi connectivity index (χ0v) is 18.7. The van der Waals surface area contributed by atoms with Crippen LogP contribution in [0.3, 0.4) is 0 Å². The molecule has 0 atom stereocenters. The van der Waals surface area contributed by atoms with Crippen molar-refractivity contribution < 1.29 is 45.1 Å². The van der Waals surface area contributed by atoms with E-state index < -0.39 is 27.3 Å². The van der Waals surface area contributed by atoms with E-state index in [2.05, 4.69) is 4.18 Å². The number of methoxy groups -OCH3 is 2. The van der Waals surface area contributed by atoms with Crippen molar-refractivity contribution >= 4 is 16.1 Å². The molecule has 3 aromatic carbocycles. The summed E-state index contributed by atoms with van der Waals surface area (Å²) in [6.07, 6.45) is 0. The number of aliphatic hydroxyl groups is 1. The lowest BCUT2D eigenvalue weighted by Crippen LogP contribution is -2.28. The molecule has 0 fully saturated rings. The maximum absolute atomic E-state index is 12.6. The third kappa shape index (κ3) is 5.15. The second-order valence-electron chi connectivity index (χ2n) is 6.95. The monoisotopic (exact) mass is 496 g/mol. The molecular weight excluding hydrogens is 477 g/mol. The molecule has 180 valence electrons. The molecule has 0 aliphatic carbocycles. The zero-order valence-electron chi connectivity index (χ0n) is 17.9. The Morgan fingerprint density at radius 1 is 0.912 bits per heavy atom. The highest BCUT2D eigenvalue weighted by Gasteiger charge is 2.49. The molecule has 0 amide bonds. The van der Waals surface area contributed by atoms with E-state index in [0.29, 0.717) is 33.4 Å². The molecule has 34 heavy (non-hydrogen) atoms. The van der Waals surface area contributed by atoms with Gasteiger partial charge in [-0.25, -0.2) is 4.79 Å². The number of aliphatic hydroxyl groups excluding tert-OH is 1. The Balaban J connectivity index is 1.99. The third-order valence-corrected chi connectivity index (χ3v) is 5.82. The molecule has 0 aliphatic rings. The highest BCUT2D eigenvalue weighted by molar-refractivity contribution is 7.88. The minimum Gasteiger partial charge on any atom is -0.493 e. The van der Waals surface area contributed by atoms with Gasteiger partial charge in [0.25, 0.3) is 0 Å². The van der Waals surface area contributed by atoms with Gasteiger partial charge in [0.1, 0.15) is 0 Å². The van der Waals surface area contributed by atoms with E-state index in [1.54, 1.807) is 42.5 Å². The topological polar surface area (TPSA) is 99.1 Å². The van der Waals surface area contributed by atoms with E-state index in [0.717, 1.165) is 13.2 Å². The fourth-order valence-electron chi connectivity index (χ4n) is 3.20. The van der Waals surface area contributed by atoms with Gasteiger partial charge in [0, 0.05) is 0 Å². The number of ether oxygens (including phenoxy) is 2. The van der Waals surface area contributed by atoms with Crippen molar-refractivity contribution in [3.63, 3.8) is 0 Å². The van der Waals surface area contributed by atoms with Crippen LogP contribution in [0.25, 0.3) is 22.3 Å². The van der Waals surface area contributed by atoms with Crippen molar-refractivity contribution in [3.8, 4) is 33.8 Å². The van der Waals surface area contributed by atoms with Gasteiger partial charge in [-0.15, -0.1) is 0 Å². The van der Waals surface area contributed by atoms with E-state index in [-0.39, 0.29) is 12.4 Å². The van der Waals surface area contributed by atoms with E-state index in [4.69, 9.17) is 9.47 Å². The van der Waals surface area contributed by atoms with E-state index in [1.807, 2.05) is 0 Å². The first kappa shape index (κ1) is 25.1. The smallest absolute Gasteiger partial charge is 0.493 e. The molecule has 0 heterocycles. The largest absolute Gasteiger partial charge is 0.534 e. The number of rotatable bonds is 7. The Labute approximate surface area is 193 Å². The van der Waals surface area contributed by atoms with Gasteiger partial charge >= 0.3 is 21.6 Å². The Bertz CT molecular complexity index is 1320. The summed E-state index contributed by atoms with van der Waals surface area (Å²) >= 11 is 0. The summed E-state index contributed by atoms with van der Waals surface area (Å²) in [6.45, 7) is -0.340. The molecule has 0 radical (unpaired) electrons. The van der Waals surface area contributed by atoms with Gasteiger partial charge in [-0.1, -0.05) is 30.3 Å². The summed E-state index contributed by atoms with van der Waals surface area (Å²) < 4.78 is 74.5. The molecule has 0 spiro atoms. The number of hydrogen-bond donors (Lipinski definition) is 1. The van der Waals surface area contributed by atoms with Gasteiger partial charge in [-0.05, 0) is 58.1 Å². The molecular formula is C23H19F3O7S. The molecule has 0 saturated heterocycles. The quantitative estimate of drug-likeness (QED) is 0.291. The van der Waals surface area contributed by atoms with Gasteiger partial charge in [0.05, 0.1) is 26.4 Å². The molecule has 0 aromatic heterocycles. The minimum atomic E-state index is -5.87. The molecule has 0 unspecified atom stereocenters. The number of halogens is 3. The van der Waals surface area contributed by atoms with Crippen LogP contribution in [0.4, 0.5) is 13.2 Å². The predicted molar refractivity (Wildman–Crippen MR) is 117 cm³/mol. The zero-order chi connectivity index (χ0) is 25.1. The number of benzene rings is 3. The van der Waals surface area contributed by atoms with Crippen LogP contribution in [-0.2, 0) is 21.5 Å². The molecule has 1 N–H and O–H groups in total. The van der Waals surface area contributed by atoms with Gasteiger partial charge in [-0.3, -0.25) is 0 Å². The normalized spacial score (nSPS) is 11.7. The lowest BCUT2D eigenvalue weighted by Gasteiger charge is -2.15. The number of hydrogen-bond acceptors (Lipinski definition) is 7. The minimum absolute atomic E-state index is 0.231. The van der Waals surface area contributed by atoms with Gasteiger partial charge in [0.15, 0.2) is 11.5 Å². The van der Waals surface area contributed by atoms with Crippen molar-refractivity contribution in [2.75, 3.05) is 14.2 Å². The average molecular weight is 496 g/mol. The van der Waals surface area contributed by atoms with Crippen molar-refractivity contribution in [1.82, 2.24) is 0 Å². The first-order valence-corrected chi connectivity index (χ1v) is 11.0. The van der Waals surface area contributed by atoms with Crippen LogP contribution in [0.15, 0.2) is 60.7 Å². The highest BCUT2D eigenvalue weighted by Crippen LogP contribution is 2.37. The van der Waals surface area contributed by atoms with Crippen LogP contribution >= 0.6 is 0 Å². The fraction of sp³-hybridized carbons (Fsp3) is 0.174. The molecule has 3 rings (SSSR count). The molecule has 0 aliphatic heterocycles. The summed E-state index contributed by atoms with van der Waals surface area (Å²) in [5.41, 5.74) is -2.38. The second-order valence-corrected chi connectivity index (χ2v) is 8.49. The SMILES string of the molecule is COC(=O)c1cccc(-c2ccc(-c3ccc(OS(=O)(=O)C(F)(F)F)c(OC)c3)cc2CO)c1. The molecule has 0 bridgehead atoms. The number of esters is 1. The highest BCUT2D eigenvalue weighted by atomic mass is 32.2. The summed E-state index contributed by atoms with van der Waals surface area (Å²) in [5, 5.41) is 9.91. The second kappa shape index (κ2) is 9.74.